The van der Waals surface area contributed by atoms with Crippen LogP contribution in [-0.2, 0) is 4.79 Å². The number of rotatable bonds is 5. The molecule has 2 aromatic carbocycles. The highest BCUT2D eigenvalue weighted by molar-refractivity contribution is 7.03. The lowest BCUT2D eigenvalue weighted by Crippen LogP contribution is -2.49. The summed E-state index contributed by atoms with van der Waals surface area (Å²) in [5, 5.41) is 8.51. The molecule has 1 heterocycles. The van der Waals surface area contributed by atoms with E-state index in [1.807, 2.05) is 69.3 Å². The van der Waals surface area contributed by atoms with Crippen LogP contribution in [0, 0.1) is 0 Å². The number of carbonyl (C=O) groups excluding carboxylic acids is 2. The van der Waals surface area contributed by atoms with Gasteiger partial charge in [-0.15, -0.1) is 5.10 Å². The van der Waals surface area contributed by atoms with Crippen LogP contribution in [0.3, 0.4) is 0 Å². The minimum Gasteiger partial charge on any atom is -0.349 e. The topological polar surface area (TPSA) is 75.2 Å². The van der Waals surface area contributed by atoms with E-state index in [-0.39, 0.29) is 17.5 Å². The number of nitrogens with one attached hydrogen (secondary N) is 1. The Morgan fingerprint density at radius 1 is 1.00 bits per heavy atom. The number of anilines is 1. The zero-order valence-electron chi connectivity index (χ0n) is 16.0. The van der Waals surface area contributed by atoms with E-state index in [0.29, 0.717) is 11.3 Å². The smallest absolute Gasteiger partial charge is 0.280 e. The Kier molecular flexibility index (Phi) is 5.84. The second-order valence-electron chi connectivity index (χ2n) is 7.35. The van der Waals surface area contributed by atoms with E-state index in [9.17, 15) is 9.59 Å². The molecule has 0 aliphatic heterocycles. The van der Waals surface area contributed by atoms with Crippen molar-refractivity contribution in [2.75, 3.05) is 4.90 Å². The number of hydrogen-bond acceptors (Lipinski definition) is 5. The summed E-state index contributed by atoms with van der Waals surface area (Å²) in [6.07, 6.45) is 0. The Hall–Kier alpha value is -3.06. The molecule has 3 aromatic rings. The molecule has 0 radical (unpaired) electrons. The molecule has 3 rings (SSSR count). The van der Waals surface area contributed by atoms with Gasteiger partial charge in [0.2, 0.25) is 5.91 Å². The Morgan fingerprint density at radius 3 is 2.14 bits per heavy atom. The summed E-state index contributed by atoms with van der Waals surface area (Å²) in [6, 6.07) is 17.6. The van der Waals surface area contributed by atoms with Crippen LogP contribution in [-0.4, -0.2) is 26.9 Å². The molecule has 1 aromatic heterocycles. The third-order valence-electron chi connectivity index (χ3n) is 3.95. The fourth-order valence-electron chi connectivity index (χ4n) is 2.84. The molecule has 0 bridgehead atoms. The van der Waals surface area contributed by atoms with Gasteiger partial charge in [0.05, 0.1) is 0 Å². The van der Waals surface area contributed by atoms with Crippen LogP contribution in [0.1, 0.15) is 42.9 Å². The molecule has 0 spiro atoms. The van der Waals surface area contributed by atoms with Crippen molar-refractivity contribution in [2.45, 2.75) is 32.4 Å². The lowest BCUT2D eigenvalue weighted by molar-refractivity contribution is -0.123. The lowest BCUT2D eigenvalue weighted by atomic mass is 10.0. The summed E-state index contributed by atoms with van der Waals surface area (Å²) in [5.74, 6) is -0.642. The summed E-state index contributed by atoms with van der Waals surface area (Å²) >= 11 is 1.10. The molecule has 0 saturated carbocycles. The molecule has 0 aliphatic carbocycles. The van der Waals surface area contributed by atoms with Crippen molar-refractivity contribution in [3.05, 3.63) is 77.3 Å². The number of hydrogen-bond donors (Lipinski definition) is 1. The molecule has 2 amide bonds. The highest BCUT2D eigenvalue weighted by Crippen LogP contribution is 2.30. The van der Waals surface area contributed by atoms with Crippen molar-refractivity contribution < 1.29 is 9.59 Å². The number of para-hydroxylation sites is 1. The molecule has 1 N–H and O–H groups in total. The van der Waals surface area contributed by atoms with E-state index in [1.165, 1.54) is 4.90 Å². The number of nitrogens with zero attached hydrogens (tertiary/aromatic N) is 3. The standard InChI is InChI=1S/C21H22N4O2S/c1-21(2,3)22-19(26)18(15-10-6-4-7-11-15)25(16-12-8-5-9-13-16)20(27)17-14-28-24-23-17/h4-14,18H,1-3H3,(H,22,26)/t18-/m1/s1. The van der Waals surface area contributed by atoms with Crippen LogP contribution < -0.4 is 10.2 Å². The highest BCUT2D eigenvalue weighted by Gasteiger charge is 2.35. The first-order chi connectivity index (χ1) is 13.4. The molecular weight excluding hydrogens is 372 g/mol. The summed E-state index contributed by atoms with van der Waals surface area (Å²) in [4.78, 5) is 28.1. The molecule has 0 saturated heterocycles. The third kappa shape index (κ3) is 4.61. The molecule has 0 fully saturated rings. The largest absolute Gasteiger partial charge is 0.349 e. The monoisotopic (exact) mass is 394 g/mol. The van der Waals surface area contributed by atoms with Gasteiger partial charge < -0.3 is 5.32 Å². The summed E-state index contributed by atoms with van der Waals surface area (Å²) in [6.45, 7) is 5.73. The van der Waals surface area contributed by atoms with Crippen LogP contribution in [0.15, 0.2) is 66.0 Å². The number of benzene rings is 2. The van der Waals surface area contributed by atoms with Gasteiger partial charge in [0.15, 0.2) is 5.69 Å². The lowest BCUT2D eigenvalue weighted by Gasteiger charge is -2.33. The average Bonchev–Trinajstić information content (AvgIpc) is 3.20. The number of amides is 2. The van der Waals surface area contributed by atoms with Crippen LogP contribution in [0.5, 0.6) is 0 Å². The zero-order chi connectivity index (χ0) is 20.1. The fraction of sp³-hybridized carbons (Fsp3) is 0.238. The zero-order valence-corrected chi connectivity index (χ0v) is 16.8. The van der Waals surface area contributed by atoms with Crippen molar-refractivity contribution >= 4 is 29.0 Å². The predicted molar refractivity (Wildman–Crippen MR) is 110 cm³/mol. The number of aromatic nitrogens is 2. The molecule has 0 aliphatic rings. The molecular formula is C21H22N4O2S. The summed E-state index contributed by atoms with van der Waals surface area (Å²) < 4.78 is 3.80. The fourth-order valence-corrected chi connectivity index (χ4v) is 3.27. The Balaban J connectivity index is 2.13. The minimum absolute atomic E-state index is 0.207. The van der Waals surface area contributed by atoms with Gasteiger partial charge in [-0.05, 0) is 50.0 Å². The maximum absolute atomic E-state index is 13.3. The molecule has 144 valence electrons. The molecule has 6 nitrogen and oxygen atoms in total. The van der Waals surface area contributed by atoms with Gasteiger partial charge in [-0.3, -0.25) is 14.5 Å². The third-order valence-corrected chi connectivity index (χ3v) is 4.46. The van der Waals surface area contributed by atoms with Gasteiger partial charge in [0, 0.05) is 16.6 Å². The van der Waals surface area contributed by atoms with E-state index in [1.54, 1.807) is 17.5 Å². The van der Waals surface area contributed by atoms with Gasteiger partial charge in [-0.25, -0.2) is 0 Å². The first kappa shape index (κ1) is 19.7. The van der Waals surface area contributed by atoms with Crippen molar-refractivity contribution in [1.82, 2.24) is 14.9 Å². The Bertz CT molecular complexity index is 922. The number of carbonyl (C=O) groups is 2. The van der Waals surface area contributed by atoms with Crippen LogP contribution in [0.4, 0.5) is 5.69 Å². The van der Waals surface area contributed by atoms with Gasteiger partial charge in [0.25, 0.3) is 5.91 Å². The SMILES string of the molecule is CC(C)(C)NC(=O)[C@@H](c1ccccc1)N(C(=O)c1csnn1)c1ccccc1. The quantitative estimate of drug-likeness (QED) is 0.713. The molecule has 7 heteroatoms. The maximum Gasteiger partial charge on any atom is 0.280 e. The van der Waals surface area contributed by atoms with Gasteiger partial charge >= 0.3 is 0 Å². The van der Waals surface area contributed by atoms with E-state index in [4.69, 9.17) is 0 Å². The van der Waals surface area contributed by atoms with Crippen LogP contribution in [0.25, 0.3) is 0 Å². The second kappa shape index (κ2) is 8.31. The van der Waals surface area contributed by atoms with Gasteiger partial charge in [0.1, 0.15) is 6.04 Å². The maximum atomic E-state index is 13.3. The van der Waals surface area contributed by atoms with E-state index < -0.39 is 11.6 Å². The Morgan fingerprint density at radius 2 is 1.61 bits per heavy atom. The molecule has 1 atom stereocenters. The van der Waals surface area contributed by atoms with Crippen LogP contribution in [0.2, 0.25) is 0 Å². The van der Waals surface area contributed by atoms with Crippen molar-refractivity contribution in [3.63, 3.8) is 0 Å². The summed E-state index contributed by atoms with van der Waals surface area (Å²) in [7, 11) is 0. The average molecular weight is 395 g/mol. The van der Waals surface area contributed by atoms with E-state index >= 15 is 0 Å². The van der Waals surface area contributed by atoms with E-state index in [2.05, 4.69) is 14.9 Å². The van der Waals surface area contributed by atoms with Crippen molar-refractivity contribution in [1.29, 1.82) is 0 Å². The predicted octanol–water partition coefficient (Wildman–Crippen LogP) is 3.84. The molecule has 28 heavy (non-hydrogen) atoms. The normalized spacial score (nSPS) is 12.2. The second-order valence-corrected chi connectivity index (χ2v) is 7.96. The molecule has 0 unspecified atom stereocenters. The van der Waals surface area contributed by atoms with Gasteiger partial charge in [-0.1, -0.05) is 53.0 Å². The van der Waals surface area contributed by atoms with Crippen molar-refractivity contribution in [2.24, 2.45) is 0 Å². The first-order valence-corrected chi connectivity index (χ1v) is 9.73. The summed E-state index contributed by atoms with van der Waals surface area (Å²) in [5.41, 5.74) is 1.08. The van der Waals surface area contributed by atoms with Crippen molar-refractivity contribution in [3.8, 4) is 0 Å². The highest BCUT2D eigenvalue weighted by atomic mass is 32.1. The first-order valence-electron chi connectivity index (χ1n) is 8.89. The Labute approximate surface area is 168 Å². The van der Waals surface area contributed by atoms with Gasteiger partial charge in [-0.2, -0.15) is 0 Å². The minimum atomic E-state index is -0.850. The van der Waals surface area contributed by atoms with E-state index in [0.717, 1.165) is 11.5 Å². The van der Waals surface area contributed by atoms with Crippen LogP contribution >= 0.6 is 11.5 Å².